The van der Waals surface area contributed by atoms with Crippen LogP contribution in [0, 0.1) is 5.92 Å². The number of nitrogens with one attached hydrogen (secondary N) is 1. The van der Waals surface area contributed by atoms with Crippen molar-refractivity contribution in [3.05, 3.63) is 0 Å². The highest BCUT2D eigenvalue weighted by Gasteiger charge is 2.25. The average molecular weight is 296 g/mol. The van der Waals surface area contributed by atoms with E-state index in [1.807, 2.05) is 0 Å². The van der Waals surface area contributed by atoms with Crippen LogP contribution < -0.4 is 5.32 Å². The molecule has 0 saturated carbocycles. The molecule has 18 heavy (non-hydrogen) atoms. The summed E-state index contributed by atoms with van der Waals surface area (Å²) in [5, 5.41) is 3.33. The predicted octanol–water partition coefficient (Wildman–Crippen LogP) is 0.0162. The minimum Gasteiger partial charge on any atom is -0.316 e. The lowest BCUT2D eigenvalue weighted by atomic mass is 10.00. The number of hydrogen-bond acceptors (Lipinski definition) is 4. The van der Waals surface area contributed by atoms with E-state index in [0.29, 0.717) is 19.0 Å². The van der Waals surface area contributed by atoms with Gasteiger partial charge in [0.25, 0.3) is 0 Å². The van der Waals surface area contributed by atoms with Crippen LogP contribution in [0.3, 0.4) is 0 Å². The molecule has 1 N–H and O–H groups in total. The molecular weight excluding hydrogens is 272 g/mol. The van der Waals surface area contributed by atoms with Gasteiger partial charge in [0.1, 0.15) is 0 Å². The molecule has 0 aromatic heterocycles. The number of hydrogen-bond donors (Lipinski definition) is 1. The Hall–Kier alpha value is 0.0200. The van der Waals surface area contributed by atoms with E-state index in [0.717, 1.165) is 38.1 Å². The Morgan fingerprint density at radius 3 is 2.78 bits per heavy atom. The molecule has 5 nitrogen and oxygen atoms in total. The van der Waals surface area contributed by atoms with E-state index >= 15 is 0 Å². The van der Waals surface area contributed by atoms with Crippen LogP contribution in [0.25, 0.3) is 0 Å². The van der Waals surface area contributed by atoms with Crippen LogP contribution in [-0.2, 0) is 20.8 Å². The molecule has 0 aliphatic carbocycles. The Bertz CT molecular complexity index is 370. The highest BCUT2D eigenvalue weighted by molar-refractivity contribution is 7.88. The quantitative estimate of drug-likeness (QED) is 0.673. The van der Waals surface area contributed by atoms with Crippen molar-refractivity contribution in [3.8, 4) is 0 Å². The Kier molecular flexibility index (Phi) is 6.76. The minimum atomic E-state index is -3.04. The first-order valence-corrected chi connectivity index (χ1v) is 9.93. The molecule has 108 valence electrons. The molecule has 1 fully saturated rings. The third kappa shape index (κ3) is 6.26. The molecule has 0 aromatic rings. The van der Waals surface area contributed by atoms with Gasteiger partial charge in [0.2, 0.25) is 10.0 Å². The predicted molar refractivity (Wildman–Crippen MR) is 75.6 cm³/mol. The van der Waals surface area contributed by atoms with E-state index in [1.54, 1.807) is 10.6 Å². The Balaban J connectivity index is 2.21. The van der Waals surface area contributed by atoms with Crippen molar-refractivity contribution < 1.29 is 12.6 Å². The molecule has 1 aliphatic rings. The van der Waals surface area contributed by atoms with Crippen molar-refractivity contribution in [1.29, 1.82) is 0 Å². The van der Waals surface area contributed by atoms with Crippen LogP contribution in [0.2, 0.25) is 0 Å². The van der Waals surface area contributed by atoms with Gasteiger partial charge in [-0.05, 0) is 38.3 Å². The first-order valence-electron chi connectivity index (χ1n) is 6.35. The summed E-state index contributed by atoms with van der Waals surface area (Å²) in [6.45, 7) is 2.99. The number of nitrogens with zero attached hydrogens (tertiary/aromatic N) is 1. The van der Waals surface area contributed by atoms with Gasteiger partial charge in [-0.15, -0.1) is 0 Å². The van der Waals surface area contributed by atoms with Gasteiger partial charge < -0.3 is 5.32 Å². The summed E-state index contributed by atoms with van der Waals surface area (Å²) in [5.74, 6) is 1.13. The van der Waals surface area contributed by atoms with E-state index in [9.17, 15) is 12.6 Å². The summed E-state index contributed by atoms with van der Waals surface area (Å²) in [6, 6.07) is 0. The number of piperidine rings is 1. The van der Waals surface area contributed by atoms with Crippen molar-refractivity contribution in [2.75, 3.05) is 44.4 Å². The zero-order valence-corrected chi connectivity index (χ0v) is 12.9. The SMILES string of the molecule is CS(=O)CCCNCC1CCCN(S(C)(=O)=O)C1. The lowest BCUT2D eigenvalue weighted by Crippen LogP contribution is -2.42. The first kappa shape index (κ1) is 16.1. The molecule has 0 amide bonds. The van der Waals surface area contributed by atoms with Gasteiger partial charge in [0.05, 0.1) is 6.26 Å². The van der Waals surface area contributed by atoms with Gasteiger partial charge in [-0.25, -0.2) is 12.7 Å². The summed E-state index contributed by atoms with van der Waals surface area (Å²) < 4.78 is 35.4. The average Bonchev–Trinajstić information content (AvgIpc) is 2.27. The van der Waals surface area contributed by atoms with Crippen LogP contribution in [0.5, 0.6) is 0 Å². The molecule has 0 bridgehead atoms. The van der Waals surface area contributed by atoms with E-state index in [4.69, 9.17) is 0 Å². The van der Waals surface area contributed by atoms with E-state index in [2.05, 4.69) is 5.32 Å². The normalized spacial score (nSPS) is 24.0. The summed E-state index contributed by atoms with van der Waals surface area (Å²) in [7, 11) is -3.76. The van der Waals surface area contributed by atoms with Crippen molar-refractivity contribution >= 4 is 20.8 Å². The summed E-state index contributed by atoms with van der Waals surface area (Å²) in [5.41, 5.74) is 0. The van der Waals surface area contributed by atoms with E-state index in [-0.39, 0.29) is 0 Å². The standard InChI is InChI=1S/C11H24N2O3S2/c1-17(14)8-4-6-12-9-11-5-3-7-13(10-11)18(2,15)16/h11-12H,3-10H2,1-2H3. The highest BCUT2D eigenvalue weighted by atomic mass is 32.2. The Labute approximate surface area is 113 Å². The van der Waals surface area contributed by atoms with Gasteiger partial charge in [0, 0.05) is 35.9 Å². The summed E-state index contributed by atoms with van der Waals surface area (Å²) in [6.07, 6.45) is 5.92. The molecular formula is C11H24N2O3S2. The largest absolute Gasteiger partial charge is 0.316 e. The second kappa shape index (κ2) is 7.57. The molecule has 0 spiro atoms. The number of sulfonamides is 1. The van der Waals surface area contributed by atoms with E-state index < -0.39 is 20.8 Å². The lowest BCUT2D eigenvalue weighted by molar-refractivity contribution is 0.261. The van der Waals surface area contributed by atoms with Crippen molar-refractivity contribution in [3.63, 3.8) is 0 Å². The maximum absolute atomic E-state index is 11.5. The van der Waals surface area contributed by atoms with Crippen molar-refractivity contribution in [1.82, 2.24) is 9.62 Å². The van der Waals surface area contributed by atoms with Crippen LogP contribution in [0.4, 0.5) is 0 Å². The molecule has 1 heterocycles. The zero-order chi connectivity index (χ0) is 13.6. The van der Waals surface area contributed by atoms with Gasteiger partial charge in [-0.1, -0.05) is 0 Å². The second-order valence-electron chi connectivity index (χ2n) is 4.96. The third-order valence-electron chi connectivity index (χ3n) is 3.17. The molecule has 7 heteroatoms. The van der Waals surface area contributed by atoms with Gasteiger partial charge in [-0.3, -0.25) is 4.21 Å². The van der Waals surface area contributed by atoms with Gasteiger partial charge in [0.15, 0.2) is 0 Å². The fourth-order valence-electron chi connectivity index (χ4n) is 2.20. The molecule has 1 rings (SSSR count). The molecule has 2 atom stereocenters. The smallest absolute Gasteiger partial charge is 0.211 e. The highest BCUT2D eigenvalue weighted by Crippen LogP contribution is 2.17. The maximum Gasteiger partial charge on any atom is 0.211 e. The Morgan fingerprint density at radius 2 is 2.17 bits per heavy atom. The van der Waals surface area contributed by atoms with Crippen LogP contribution in [0.1, 0.15) is 19.3 Å². The lowest BCUT2D eigenvalue weighted by Gasteiger charge is -2.31. The van der Waals surface area contributed by atoms with Crippen LogP contribution >= 0.6 is 0 Å². The molecule has 2 unspecified atom stereocenters. The molecule has 0 aromatic carbocycles. The van der Waals surface area contributed by atoms with Crippen LogP contribution in [-0.4, -0.2) is 61.4 Å². The maximum atomic E-state index is 11.5. The Morgan fingerprint density at radius 1 is 1.44 bits per heavy atom. The molecule has 1 aliphatic heterocycles. The first-order chi connectivity index (χ1) is 8.39. The topological polar surface area (TPSA) is 66.5 Å². The second-order valence-corrected chi connectivity index (χ2v) is 8.50. The van der Waals surface area contributed by atoms with Crippen molar-refractivity contribution in [2.45, 2.75) is 19.3 Å². The van der Waals surface area contributed by atoms with Crippen molar-refractivity contribution in [2.24, 2.45) is 5.92 Å². The fraction of sp³-hybridized carbons (Fsp3) is 1.00. The van der Waals surface area contributed by atoms with Gasteiger partial charge >= 0.3 is 0 Å². The van der Waals surface area contributed by atoms with Gasteiger partial charge in [-0.2, -0.15) is 0 Å². The third-order valence-corrected chi connectivity index (χ3v) is 5.30. The fourth-order valence-corrected chi connectivity index (χ4v) is 3.69. The summed E-state index contributed by atoms with van der Waals surface area (Å²) >= 11 is 0. The monoisotopic (exact) mass is 296 g/mol. The zero-order valence-electron chi connectivity index (χ0n) is 11.2. The van der Waals surface area contributed by atoms with E-state index in [1.165, 1.54) is 6.26 Å². The molecule has 1 saturated heterocycles. The van der Waals surface area contributed by atoms with Crippen LogP contribution in [0.15, 0.2) is 0 Å². The summed E-state index contributed by atoms with van der Waals surface area (Å²) in [4.78, 5) is 0. The molecule has 0 radical (unpaired) electrons. The number of rotatable bonds is 7. The minimum absolute atomic E-state index is 0.403.